The molecule has 1 unspecified atom stereocenters. The van der Waals surface area contributed by atoms with Crippen LogP contribution in [-0.2, 0) is 9.59 Å². The summed E-state index contributed by atoms with van der Waals surface area (Å²) in [5, 5.41) is 10.5. The number of ketones is 1. The first-order valence-corrected chi connectivity index (χ1v) is 9.92. The van der Waals surface area contributed by atoms with E-state index in [1.165, 1.54) is 4.90 Å². The van der Waals surface area contributed by atoms with Crippen LogP contribution < -0.4 is 9.64 Å². The van der Waals surface area contributed by atoms with E-state index in [0.717, 1.165) is 11.1 Å². The van der Waals surface area contributed by atoms with Crippen molar-refractivity contribution in [2.24, 2.45) is 5.92 Å². The maximum absolute atomic E-state index is 12.9. The van der Waals surface area contributed by atoms with Gasteiger partial charge in [-0.2, -0.15) is 0 Å². The molecule has 0 spiro atoms. The number of carbonyl (C=O) groups excluding carboxylic acids is 2. The summed E-state index contributed by atoms with van der Waals surface area (Å²) in [5.74, 6) is -0.151. The Hall–Kier alpha value is -3.08. The molecule has 5 heteroatoms. The summed E-state index contributed by atoms with van der Waals surface area (Å²) in [6.45, 7) is 8.43. The second-order valence-corrected chi connectivity index (χ2v) is 7.73. The van der Waals surface area contributed by atoms with Gasteiger partial charge in [0.2, 0.25) is 0 Å². The van der Waals surface area contributed by atoms with Crippen molar-refractivity contribution in [1.29, 1.82) is 0 Å². The van der Waals surface area contributed by atoms with E-state index in [2.05, 4.69) is 13.8 Å². The molecule has 1 aliphatic rings. The fourth-order valence-corrected chi connectivity index (χ4v) is 3.47. The Balaban J connectivity index is 2.02. The lowest BCUT2D eigenvalue weighted by atomic mass is 9.94. The van der Waals surface area contributed by atoms with Crippen molar-refractivity contribution < 1.29 is 19.4 Å². The summed E-state index contributed by atoms with van der Waals surface area (Å²) in [6, 6.07) is 14.2. The van der Waals surface area contributed by atoms with Gasteiger partial charge in [0.05, 0.1) is 18.2 Å². The van der Waals surface area contributed by atoms with Crippen molar-refractivity contribution in [3.05, 3.63) is 71.0 Å². The highest BCUT2D eigenvalue weighted by atomic mass is 16.5. The predicted molar refractivity (Wildman–Crippen MR) is 113 cm³/mol. The first kappa shape index (κ1) is 20.6. The van der Waals surface area contributed by atoms with Crippen LogP contribution in [0.25, 0.3) is 0 Å². The lowest BCUT2D eigenvalue weighted by molar-refractivity contribution is -0.118. The molecule has 0 saturated heterocycles. The highest BCUT2D eigenvalue weighted by Crippen LogP contribution is 2.41. The number of carbonyl (C=O) groups is 2. The molecular formula is C24H27NO4. The van der Waals surface area contributed by atoms with Crippen LogP contribution in [0.15, 0.2) is 59.9 Å². The zero-order chi connectivity index (χ0) is 21.1. The topological polar surface area (TPSA) is 66.8 Å². The van der Waals surface area contributed by atoms with Gasteiger partial charge in [-0.3, -0.25) is 14.5 Å². The van der Waals surface area contributed by atoms with Crippen molar-refractivity contribution in [3.63, 3.8) is 0 Å². The zero-order valence-electron chi connectivity index (χ0n) is 17.3. The molecule has 2 aromatic carbocycles. The standard InChI is InChI=1S/C24H27NO4/c1-5-20(26)21-22(17-8-6-7-16(4)13-17)25(24(28)23(21)27)18-9-11-19(12-10-18)29-14-15(2)3/h6-13,15,22,27H,5,14H2,1-4H3. The minimum atomic E-state index is -0.655. The summed E-state index contributed by atoms with van der Waals surface area (Å²) in [5.41, 5.74) is 2.56. The van der Waals surface area contributed by atoms with Gasteiger partial charge >= 0.3 is 0 Å². The van der Waals surface area contributed by atoms with E-state index in [9.17, 15) is 14.7 Å². The molecule has 1 amide bonds. The van der Waals surface area contributed by atoms with E-state index in [1.54, 1.807) is 31.2 Å². The number of rotatable bonds is 7. The number of aryl methyl sites for hydroxylation is 1. The average Bonchev–Trinajstić information content (AvgIpc) is 2.97. The Bertz CT molecular complexity index is 944. The average molecular weight is 393 g/mol. The second-order valence-electron chi connectivity index (χ2n) is 7.73. The molecule has 0 saturated carbocycles. The smallest absolute Gasteiger partial charge is 0.294 e. The number of anilines is 1. The van der Waals surface area contributed by atoms with Gasteiger partial charge in [0.1, 0.15) is 5.75 Å². The quantitative estimate of drug-likeness (QED) is 0.726. The van der Waals surface area contributed by atoms with E-state index in [-0.39, 0.29) is 17.8 Å². The highest BCUT2D eigenvalue weighted by Gasteiger charge is 2.43. The molecule has 29 heavy (non-hydrogen) atoms. The Morgan fingerprint density at radius 1 is 1.17 bits per heavy atom. The Kier molecular flexibility index (Phi) is 6.06. The number of Topliss-reactive ketones (excluding diaryl/α,β-unsaturated/α-hetero) is 1. The van der Waals surface area contributed by atoms with Gasteiger partial charge in [-0.25, -0.2) is 0 Å². The summed E-state index contributed by atoms with van der Waals surface area (Å²) < 4.78 is 5.72. The molecule has 2 aromatic rings. The van der Waals surface area contributed by atoms with Gasteiger partial charge in [-0.15, -0.1) is 0 Å². The van der Waals surface area contributed by atoms with Crippen molar-refractivity contribution in [2.75, 3.05) is 11.5 Å². The summed E-state index contributed by atoms with van der Waals surface area (Å²) in [4.78, 5) is 27.0. The van der Waals surface area contributed by atoms with Gasteiger partial charge in [-0.05, 0) is 42.7 Å². The van der Waals surface area contributed by atoms with Crippen LogP contribution in [0, 0.1) is 12.8 Å². The molecule has 1 heterocycles. The van der Waals surface area contributed by atoms with Crippen LogP contribution in [0.5, 0.6) is 5.75 Å². The number of aliphatic hydroxyl groups excluding tert-OH is 1. The summed E-state index contributed by atoms with van der Waals surface area (Å²) in [6.07, 6.45) is 0.213. The minimum Gasteiger partial charge on any atom is -0.503 e. The van der Waals surface area contributed by atoms with Crippen LogP contribution in [0.3, 0.4) is 0 Å². The molecule has 0 bridgehead atoms. The highest BCUT2D eigenvalue weighted by molar-refractivity contribution is 6.16. The third-order valence-corrected chi connectivity index (χ3v) is 4.89. The molecule has 1 atom stereocenters. The van der Waals surface area contributed by atoms with E-state index in [0.29, 0.717) is 24.0 Å². The van der Waals surface area contributed by atoms with Crippen LogP contribution in [0.1, 0.15) is 44.4 Å². The molecule has 0 aliphatic carbocycles. The fraction of sp³-hybridized carbons (Fsp3) is 0.333. The molecule has 0 fully saturated rings. The van der Waals surface area contributed by atoms with Crippen molar-refractivity contribution >= 4 is 17.4 Å². The van der Waals surface area contributed by atoms with Crippen molar-refractivity contribution in [1.82, 2.24) is 0 Å². The van der Waals surface area contributed by atoms with Crippen molar-refractivity contribution in [3.8, 4) is 5.75 Å². The molecule has 0 aromatic heterocycles. The molecule has 1 aliphatic heterocycles. The third-order valence-electron chi connectivity index (χ3n) is 4.89. The van der Waals surface area contributed by atoms with Crippen molar-refractivity contribution in [2.45, 2.75) is 40.2 Å². The number of aliphatic hydroxyl groups is 1. The second kappa shape index (κ2) is 8.52. The SMILES string of the molecule is CCC(=O)C1=C(O)C(=O)N(c2ccc(OCC(C)C)cc2)C1c1cccc(C)c1. The van der Waals surface area contributed by atoms with Crippen LogP contribution >= 0.6 is 0 Å². The number of hydrogen-bond donors (Lipinski definition) is 1. The number of nitrogens with zero attached hydrogens (tertiary/aromatic N) is 1. The summed E-state index contributed by atoms with van der Waals surface area (Å²) in [7, 11) is 0. The largest absolute Gasteiger partial charge is 0.503 e. The van der Waals surface area contributed by atoms with E-state index in [1.807, 2.05) is 31.2 Å². The first-order valence-electron chi connectivity index (χ1n) is 9.92. The Labute approximate surface area is 171 Å². The molecule has 152 valence electrons. The predicted octanol–water partition coefficient (Wildman–Crippen LogP) is 4.91. The van der Waals surface area contributed by atoms with Crippen LogP contribution in [-0.4, -0.2) is 23.4 Å². The third kappa shape index (κ3) is 4.19. The number of amides is 1. The van der Waals surface area contributed by atoms with Gasteiger partial charge in [-0.1, -0.05) is 50.6 Å². The summed E-state index contributed by atoms with van der Waals surface area (Å²) >= 11 is 0. The number of benzene rings is 2. The van der Waals surface area contributed by atoms with Gasteiger partial charge in [0.15, 0.2) is 11.5 Å². The van der Waals surface area contributed by atoms with Gasteiger partial charge in [0, 0.05) is 12.1 Å². The maximum atomic E-state index is 12.9. The minimum absolute atomic E-state index is 0.156. The van der Waals surface area contributed by atoms with E-state index >= 15 is 0 Å². The normalized spacial score (nSPS) is 16.7. The molecular weight excluding hydrogens is 366 g/mol. The number of ether oxygens (including phenoxy) is 1. The Morgan fingerprint density at radius 3 is 2.45 bits per heavy atom. The number of hydrogen-bond acceptors (Lipinski definition) is 4. The molecule has 5 nitrogen and oxygen atoms in total. The first-order chi connectivity index (χ1) is 13.8. The zero-order valence-corrected chi connectivity index (χ0v) is 17.3. The van der Waals surface area contributed by atoms with Gasteiger partial charge < -0.3 is 9.84 Å². The maximum Gasteiger partial charge on any atom is 0.294 e. The fourth-order valence-electron chi connectivity index (χ4n) is 3.47. The van der Waals surface area contributed by atoms with Crippen LogP contribution in [0.2, 0.25) is 0 Å². The molecule has 3 rings (SSSR count). The van der Waals surface area contributed by atoms with Gasteiger partial charge in [0.25, 0.3) is 5.91 Å². The molecule has 0 radical (unpaired) electrons. The molecule has 1 N–H and O–H groups in total. The monoisotopic (exact) mass is 393 g/mol. The van der Waals surface area contributed by atoms with E-state index < -0.39 is 17.7 Å². The lowest BCUT2D eigenvalue weighted by Crippen LogP contribution is -2.31. The van der Waals surface area contributed by atoms with E-state index in [4.69, 9.17) is 4.74 Å². The van der Waals surface area contributed by atoms with Crippen LogP contribution in [0.4, 0.5) is 5.69 Å². The Morgan fingerprint density at radius 2 is 1.86 bits per heavy atom. The lowest BCUT2D eigenvalue weighted by Gasteiger charge is -2.27.